The summed E-state index contributed by atoms with van der Waals surface area (Å²) < 4.78 is 30.0. The topological polar surface area (TPSA) is 99.3 Å². The van der Waals surface area contributed by atoms with Crippen LogP contribution in [0.3, 0.4) is 0 Å². The lowest BCUT2D eigenvalue weighted by Crippen LogP contribution is -2.27. The van der Waals surface area contributed by atoms with Gasteiger partial charge in [0.1, 0.15) is 5.75 Å². The van der Waals surface area contributed by atoms with E-state index >= 15 is 0 Å². The normalized spacial score (nSPS) is 12.1. The van der Waals surface area contributed by atoms with Crippen LogP contribution in [-0.2, 0) is 4.79 Å². The molecule has 0 bridgehead atoms. The van der Waals surface area contributed by atoms with Gasteiger partial charge in [-0.15, -0.1) is 0 Å². The predicted octanol–water partition coefficient (Wildman–Crippen LogP) is 3.94. The standard InChI is InChI=1S/C15H15ClF2N4O4/c1-3-11(21-8(2)6-13(20-21)22(24)25)14(23)19-9-4-5-12(10(16)7-9)26-15(17)18/h4-7,11,15H,3H2,1-2H3,(H,19,23). The van der Waals surface area contributed by atoms with Gasteiger partial charge in [0.25, 0.3) is 5.91 Å². The van der Waals surface area contributed by atoms with Crippen LogP contribution >= 0.6 is 11.6 Å². The van der Waals surface area contributed by atoms with Crippen LogP contribution < -0.4 is 10.1 Å². The number of amides is 1. The van der Waals surface area contributed by atoms with E-state index in [0.717, 1.165) is 0 Å². The van der Waals surface area contributed by atoms with Gasteiger partial charge in [0.05, 0.1) is 21.9 Å². The van der Waals surface area contributed by atoms with Gasteiger partial charge in [-0.2, -0.15) is 13.5 Å². The van der Waals surface area contributed by atoms with Crippen LogP contribution in [0.2, 0.25) is 5.02 Å². The highest BCUT2D eigenvalue weighted by molar-refractivity contribution is 6.32. The maximum Gasteiger partial charge on any atom is 0.390 e. The molecule has 140 valence electrons. The zero-order valence-electron chi connectivity index (χ0n) is 13.8. The van der Waals surface area contributed by atoms with Crippen molar-refractivity contribution in [1.82, 2.24) is 9.78 Å². The highest BCUT2D eigenvalue weighted by Crippen LogP contribution is 2.29. The number of rotatable bonds is 7. The molecule has 0 spiro atoms. The summed E-state index contributed by atoms with van der Waals surface area (Å²) in [5.41, 5.74) is 0.719. The summed E-state index contributed by atoms with van der Waals surface area (Å²) in [7, 11) is 0. The molecule has 2 aromatic rings. The average molecular weight is 389 g/mol. The fourth-order valence-corrected chi connectivity index (χ4v) is 2.57. The van der Waals surface area contributed by atoms with E-state index in [-0.39, 0.29) is 22.3 Å². The van der Waals surface area contributed by atoms with E-state index in [9.17, 15) is 23.7 Å². The molecule has 0 aliphatic carbocycles. The van der Waals surface area contributed by atoms with Gasteiger partial charge in [0, 0.05) is 5.69 Å². The van der Waals surface area contributed by atoms with Crippen molar-refractivity contribution < 1.29 is 23.2 Å². The Morgan fingerprint density at radius 3 is 2.65 bits per heavy atom. The molecule has 1 heterocycles. The Morgan fingerprint density at radius 2 is 2.15 bits per heavy atom. The Morgan fingerprint density at radius 1 is 1.46 bits per heavy atom. The van der Waals surface area contributed by atoms with Crippen molar-refractivity contribution in [2.45, 2.75) is 32.9 Å². The van der Waals surface area contributed by atoms with E-state index < -0.39 is 23.5 Å². The van der Waals surface area contributed by atoms with E-state index in [1.54, 1.807) is 13.8 Å². The highest BCUT2D eigenvalue weighted by atomic mass is 35.5. The Hall–Kier alpha value is -2.75. The number of nitrogens with one attached hydrogen (secondary N) is 1. The van der Waals surface area contributed by atoms with E-state index in [0.29, 0.717) is 12.1 Å². The van der Waals surface area contributed by atoms with Crippen LogP contribution in [0.4, 0.5) is 20.3 Å². The first-order valence-electron chi connectivity index (χ1n) is 7.48. The van der Waals surface area contributed by atoms with Crippen molar-refractivity contribution in [3.05, 3.63) is 45.1 Å². The zero-order chi connectivity index (χ0) is 19.4. The quantitative estimate of drug-likeness (QED) is 0.572. The lowest BCUT2D eigenvalue weighted by atomic mass is 10.2. The Balaban J connectivity index is 2.19. The number of benzene rings is 1. The fourth-order valence-electron chi connectivity index (χ4n) is 2.34. The fraction of sp³-hybridized carbons (Fsp3) is 0.333. The van der Waals surface area contributed by atoms with Gasteiger partial charge in [0.15, 0.2) is 6.04 Å². The van der Waals surface area contributed by atoms with E-state index in [2.05, 4.69) is 15.2 Å². The predicted molar refractivity (Wildman–Crippen MR) is 89.7 cm³/mol. The first-order valence-corrected chi connectivity index (χ1v) is 7.86. The molecule has 0 aliphatic heterocycles. The molecule has 11 heteroatoms. The summed E-state index contributed by atoms with van der Waals surface area (Å²) in [6.07, 6.45) is 0.325. The number of hydrogen-bond acceptors (Lipinski definition) is 5. The summed E-state index contributed by atoms with van der Waals surface area (Å²) >= 11 is 5.85. The summed E-state index contributed by atoms with van der Waals surface area (Å²) in [4.78, 5) is 22.7. The number of ether oxygens (including phenoxy) is 1. The van der Waals surface area contributed by atoms with Gasteiger partial charge >= 0.3 is 12.4 Å². The van der Waals surface area contributed by atoms with Crippen molar-refractivity contribution in [2.75, 3.05) is 5.32 Å². The van der Waals surface area contributed by atoms with E-state index in [4.69, 9.17) is 11.6 Å². The molecule has 1 atom stereocenters. The Kier molecular flexibility index (Phi) is 6.09. The molecule has 0 aliphatic rings. The molecule has 8 nitrogen and oxygen atoms in total. The van der Waals surface area contributed by atoms with Crippen LogP contribution in [0.5, 0.6) is 5.75 Å². The molecule has 1 aromatic carbocycles. The molecule has 0 saturated heterocycles. The maximum atomic E-state index is 12.5. The van der Waals surface area contributed by atoms with Gasteiger partial charge in [-0.05, 0) is 36.5 Å². The van der Waals surface area contributed by atoms with Gasteiger partial charge in [-0.1, -0.05) is 18.5 Å². The molecule has 1 unspecified atom stereocenters. The molecular formula is C15H15ClF2N4O4. The second-order valence-electron chi connectivity index (χ2n) is 5.28. The van der Waals surface area contributed by atoms with Gasteiger partial charge in [-0.25, -0.2) is 0 Å². The SMILES string of the molecule is CCC(C(=O)Nc1ccc(OC(F)F)c(Cl)c1)n1nc([N+](=O)[O-])cc1C. The maximum absolute atomic E-state index is 12.5. The first-order chi connectivity index (χ1) is 12.2. The lowest BCUT2D eigenvalue weighted by Gasteiger charge is -2.15. The summed E-state index contributed by atoms with van der Waals surface area (Å²) in [5.74, 6) is -1.05. The smallest absolute Gasteiger partial charge is 0.390 e. The zero-order valence-corrected chi connectivity index (χ0v) is 14.5. The number of alkyl halides is 2. The Labute approximate surface area is 151 Å². The minimum absolute atomic E-state index is 0.0953. The van der Waals surface area contributed by atoms with Crippen molar-refractivity contribution in [2.24, 2.45) is 0 Å². The van der Waals surface area contributed by atoms with Crippen LogP contribution in [0, 0.1) is 17.0 Å². The largest absolute Gasteiger partial charge is 0.433 e. The number of nitrogens with zero attached hydrogens (tertiary/aromatic N) is 3. The molecule has 26 heavy (non-hydrogen) atoms. The van der Waals surface area contributed by atoms with Crippen LogP contribution in [0.15, 0.2) is 24.3 Å². The average Bonchev–Trinajstić information content (AvgIpc) is 2.93. The van der Waals surface area contributed by atoms with Crippen molar-refractivity contribution >= 4 is 29.0 Å². The molecule has 0 radical (unpaired) electrons. The van der Waals surface area contributed by atoms with Crippen LogP contribution in [0.1, 0.15) is 25.1 Å². The number of halogens is 3. The molecule has 0 saturated carbocycles. The number of aryl methyl sites for hydroxylation is 1. The summed E-state index contributed by atoms with van der Waals surface area (Å²) in [6, 6.07) is 4.30. The monoisotopic (exact) mass is 388 g/mol. The van der Waals surface area contributed by atoms with Crippen LogP contribution in [0.25, 0.3) is 0 Å². The van der Waals surface area contributed by atoms with Crippen LogP contribution in [-0.4, -0.2) is 27.2 Å². The summed E-state index contributed by atoms with van der Waals surface area (Å²) in [5, 5.41) is 17.2. The number of nitro groups is 1. The molecule has 0 fully saturated rings. The van der Waals surface area contributed by atoms with E-state index in [1.807, 2.05) is 0 Å². The number of carbonyl (C=O) groups excluding carboxylic acids is 1. The third-order valence-corrected chi connectivity index (χ3v) is 3.79. The molecule has 2 rings (SSSR count). The first kappa shape index (κ1) is 19.6. The Bertz CT molecular complexity index is 828. The minimum atomic E-state index is -3.02. The number of hydrogen-bond donors (Lipinski definition) is 1. The van der Waals surface area contributed by atoms with E-state index in [1.165, 1.54) is 28.9 Å². The van der Waals surface area contributed by atoms with Gasteiger partial charge in [-0.3, -0.25) is 4.79 Å². The second kappa shape index (κ2) is 8.09. The third kappa shape index (κ3) is 4.45. The highest BCUT2D eigenvalue weighted by Gasteiger charge is 2.27. The second-order valence-corrected chi connectivity index (χ2v) is 5.69. The number of carbonyl (C=O) groups is 1. The number of anilines is 1. The van der Waals surface area contributed by atoms with Crippen molar-refractivity contribution in [3.8, 4) is 5.75 Å². The van der Waals surface area contributed by atoms with Gasteiger partial charge in [0.2, 0.25) is 0 Å². The van der Waals surface area contributed by atoms with Gasteiger partial charge < -0.3 is 20.2 Å². The van der Waals surface area contributed by atoms with Crippen molar-refractivity contribution in [1.29, 1.82) is 0 Å². The third-order valence-electron chi connectivity index (χ3n) is 3.50. The minimum Gasteiger partial charge on any atom is -0.433 e. The number of aromatic nitrogens is 2. The molecule has 1 amide bonds. The molecular weight excluding hydrogens is 374 g/mol. The van der Waals surface area contributed by atoms with Crippen molar-refractivity contribution in [3.63, 3.8) is 0 Å². The molecule has 1 N–H and O–H groups in total. The summed E-state index contributed by atoms with van der Waals surface area (Å²) in [6.45, 7) is 0.309. The molecule has 1 aromatic heterocycles. The lowest BCUT2D eigenvalue weighted by molar-refractivity contribution is -0.389.